The SMILES string of the molecule is C=C(F)c1ccc(N2CCN[C@@H](C)C2)nc1C(=O)c1cccnc1N.C=Cc1cnc(N)c(C(=O)c2nc(N3CCN[C@@H](CC(C)C)C3)ccc2C(F)(F)F)c1.CC[C@@H]1CN(c2ccc(C(F)(F)F)c(C(=O)c3cccnc3N)n2)C[C@H](CC(C)C)N1.CCc1cnc(N)c(C(=O)c2nc(N3CCN[C@@H](CC(C)C)C3)ccc2C(F)(F)F)c1.[HH].[HH].[HH].[HH].[HH].[HH].[HH]. The minimum atomic E-state index is -4.74. The van der Waals surface area contributed by atoms with E-state index in [-0.39, 0.29) is 90.9 Å². The largest absolute Gasteiger partial charge is 0.418 e. The summed E-state index contributed by atoms with van der Waals surface area (Å²) in [7, 11) is 0. The first-order chi connectivity index (χ1) is 55.8. The van der Waals surface area contributed by atoms with Gasteiger partial charge in [-0.05, 0) is 153 Å². The molecule has 12 rings (SSSR count). The monoisotopic (exact) mass is 1660 g/mol. The van der Waals surface area contributed by atoms with Gasteiger partial charge in [-0.15, -0.1) is 0 Å². The van der Waals surface area contributed by atoms with Crippen LogP contribution in [0.25, 0.3) is 11.9 Å². The van der Waals surface area contributed by atoms with E-state index < -0.39 is 81.3 Å². The molecule has 0 aromatic carbocycles. The van der Waals surface area contributed by atoms with Crippen molar-refractivity contribution in [1.29, 1.82) is 0 Å². The van der Waals surface area contributed by atoms with E-state index in [9.17, 15) is 63.1 Å². The first-order valence-corrected chi connectivity index (χ1v) is 39.0. The van der Waals surface area contributed by atoms with Crippen LogP contribution in [0.4, 0.5) is 90.4 Å². The summed E-state index contributed by atoms with van der Waals surface area (Å²) in [4.78, 5) is 92.5. The highest BCUT2D eigenvalue weighted by Crippen LogP contribution is 2.39. The number of piperazine rings is 4. The second-order valence-corrected chi connectivity index (χ2v) is 30.6. The number of hydrogen-bond acceptors (Lipinski definition) is 24. The minimum absolute atomic E-state index is 0. The van der Waals surface area contributed by atoms with Crippen molar-refractivity contribution in [3.8, 4) is 0 Å². The number of alkyl halides is 9. The summed E-state index contributed by atoms with van der Waals surface area (Å²) < 4.78 is 137. The standard InChI is InChI=1S/C22H28F3N5O.C22H26F3N5O.C22H28F3N5O.C18H20FN5O.7H2/c2*1-4-14-10-16(21(26)28-11-14)20(31)19-17(22(23,24)25)5-6-18(29-19)30-8-7-27-15(12-30)9-13(2)3;1-4-14-11-30(12-15(28-14)10-13(2)3)18-8-7-17(22(23,24)25)19(29-18)20(31)16-6-5-9-27-21(16)26;1-11-10-24(9-8-21-11)15-6-5-13(12(2)19)16(23-15)17(25)14-4-3-7-22-18(14)20;;;;;;;/h5-6,10-11,13,15,27H,4,7-9,12H2,1-3H3,(H2,26,28);4-6,10-11,13,15,27H,1,7-9,12H2,2-3H3,(H2,26,28);5-9,13-15,28H,4,10-12H2,1-3H3,(H2,26,27);3-7,11,21H,2,8-10H2,1H3,(H2,20,22);7*1H/t2*15-;14-,15+;11-;;;;;;;/m0010......./s1. The van der Waals surface area contributed by atoms with Gasteiger partial charge in [0.15, 0.2) is 0 Å². The molecule has 646 valence electrons. The second-order valence-electron chi connectivity index (χ2n) is 30.6. The lowest BCUT2D eigenvalue weighted by Crippen LogP contribution is -2.57. The van der Waals surface area contributed by atoms with Crippen molar-refractivity contribution in [2.45, 2.75) is 143 Å². The lowest BCUT2D eigenvalue weighted by atomic mass is 9.98. The van der Waals surface area contributed by atoms with Gasteiger partial charge < -0.3 is 63.8 Å². The molecule has 118 heavy (non-hydrogen) atoms. The van der Waals surface area contributed by atoms with Crippen LogP contribution in [0.3, 0.4) is 0 Å². The van der Waals surface area contributed by atoms with Gasteiger partial charge in [0.2, 0.25) is 23.1 Å². The number of nitrogen functional groups attached to an aromatic ring is 4. The number of rotatable bonds is 22. The fraction of sp³-hybridized carbons (Fsp3) is 0.429. The van der Waals surface area contributed by atoms with E-state index in [2.05, 4.69) is 135 Å². The number of aryl methyl sites for hydroxylation is 1. The van der Waals surface area contributed by atoms with Crippen molar-refractivity contribution in [3.05, 3.63) is 201 Å². The summed E-state index contributed by atoms with van der Waals surface area (Å²) in [6.45, 7) is 32.9. The van der Waals surface area contributed by atoms with Crippen molar-refractivity contribution < 1.29 is 73.1 Å². The van der Waals surface area contributed by atoms with Gasteiger partial charge in [0.25, 0.3) is 0 Å². The molecule has 0 radical (unpaired) electrons. The van der Waals surface area contributed by atoms with Crippen LogP contribution >= 0.6 is 0 Å². The third-order valence-electron chi connectivity index (χ3n) is 20.1. The summed E-state index contributed by atoms with van der Waals surface area (Å²) in [5.74, 6) is -1.07. The molecule has 8 aromatic rings. The number of aromatic nitrogens is 8. The topological polar surface area (TPSA) is 337 Å². The summed E-state index contributed by atoms with van der Waals surface area (Å²) >= 11 is 0. The van der Waals surface area contributed by atoms with Crippen molar-refractivity contribution in [2.24, 2.45) is 17.8 Å². The Balaban J connectivity index is 0.000000556. The molecule has 4 aliphatic rings. The summed E-state index contributed by atoms with van der Waals surface area (Å²) in [6.07, 6.45) is -2.71. The van der Waals surface area contributed by atoms with Crippen molar-refractivity contribution in [1.82, 2.24) is 61.1 Å². The average Bonchev–Trinajstić information content (AvgIpc) is 0.788. The zero-order chi connectivity index (χ0) is 86.3. The van der Waals surface area contributed by atoms with Crippen molar-refractivity contribution in [3.63, 3.8) is 0 Å². The highest BCUT2D eigenvalue weighted by atomic mass is 19.4. The number of pyridine rings is 8. The van der Waals surface area contributed by atoms with Gasteiger partial charge in [0, 0.05) is 143 Å². The number of nitrogens with one attached hydrogen (secondary N) is 4. The molecule has 5 atom stereocenters. The van der Waals surface area contributed by atoms with E-state index in [4.69, 9.17) is 22.9 Å². The molecule has 12 heterocycles. The van der Waals surface area contributed by atoms with Gasteiger partial charge in [-0.25, -0.2) is 44.3 Å². The molecule has 0 spiro atoms. The molecular formula is C84H116F10N20O4. The number of hydrogen-bond donors (Lipinski definition) is 8. The summed E-state index contributed by atoms with van der Waals surface area (Å²) in [5.41, 5.74) is 19.1. The van der Waals surface area contributed by atoms with E-state index in [0.717, 1.165) is 63.5 Å². The van der Waals surface area contributed by atoms with Gasteiger partial charge in [-0.3, -0.25) is 19.2 Å². The maximum atomic E-state index is 13.8. The number of carbonyl (C=O) groups excluding carboxylic acids is 4. The Morgan fingerprint density at radius 3 is 1.27 bits per heavy atom. The molecule has 0 amide bonds. The molecule has 0 aliphatic carbocycles. The van der Waals surface area contributed by atoms with Gasteiger partial charge in [-0.2, -0.15) is 39.5 Å². The molecule has 4 aliphatic heterocycles. The summed E-state index contributed by atoms with van der Waals surface area (Å²) in [6, 6.07) is 19.9. The number of carbonyl (C=O) groups is 4. The molecule has 12 N–H and O–H groups in total. The fourth-order valence-corrected chi connectivity index (χ4v) is 14.4. The van der Waals surface area contributed by atoms with Crippen LogP contribution in [0.2, 0.25) is 0 Å². The Hall–Kier alpha value is -11.1. The van der Waals surface area contributed by atoms with E-state index in [1.54, 1.807) is 18.2 Å². The van der Waals surface area contributed by atoms with Crippen LogP contribution in [0.1, 0.15) is 196 Å². The lowest BCUT2D eigenvalue weighted by molar-refractivity contribution is -0.138. The molecular weight excluding hydrogens is 1540 g/mol. The third kappa shape index (κ3) is 23.6. The zero-order valence-electron chi connectivity index (χ0n) is 67.4. The molecule has 8 aromatic heterocycles. The van der Waals surface area contributed by atoms with Gasteiger partial charge in [-0.1, -0.05) is 74.6 Å². The number of nitrogens with two attached hydrogens (primary N) is 4. The average molecular weight is 1660 g/mol. The molecule has 0 bridgehead atoms. The normalized spacial score (nSPS) is 17.9. The molecule has 34 heteroatoms. The molecule has 0 saturated carbocycles. The molecule has 0 unspecified atom stereocenters. The quantitative estimate of drug-likeness (QED) is 0.0231. The lowest BCUT2D eigenvalue weighted by Gasteiger charge is -2.40. The van der Waals surface area contributed by atoms with E-state index >= 15 is 0 Å². The summed E-state index contributed by atoms with van der Waals surface area (Å²) in [5, 5.41) is 13.8. The molecule has 24 nitrogen and oxygen atoms in total. The van der Waals surface area contributed by atoms with Crippen molar-refractivity contribution in [2.75, 3.05) is 115 Å². The Morgan fingerprint density at radius 1 is 0.483 bits per heavy atom. The van der Waals surface area contributed by atoms with Crippen LogP contribution in [0.5, 0.6) is 0 Å². The predicted octanol–water partition coefficient (Wildman–Crippen LogP) is 15.1. The number of ketones is 4. The molecule has 4 fully saturated rings. The smallest absolute Gasteiger partial charge is 0.383 e. The molecule has 4 saturated heterocycles. The van der Waals surface area contributed by atoms with Crippen LogP contribution in [0, 0.1) is 17.8 Å². The second kappa shape index (κ2) is 39.9. The van der Waals surface area contributed by atoms with Gasteiger partial charge in [0.1, 0.15) is 75.1 Å². The zero-order valence-corrected chi connectivity index (χ0v) is 67.4. The number of halogens is 10. The first-order valence-electron chi connectivity index (χ1n) is 39.0. The minimum Gasteiger partial charge on any atom is -0.383 e. The van der Waals surface area contributed by atoms with E-state index in [1.807, 2.05) is 21.6 Å². The fourth-order valence-electron chi connectivity index (χ4n) is 14.4. The van der Waals surface area contributed by atoms with Gasteiger partial charge in [0.05, 0.1) is 38.9 Å². The predicted molar refractivity (Wildman–Crippen MR) is 454 cm³/mol. The highest BCUT2D eigenvalue weighted by molar-refractivity contribution is 6.14. The van der Waals surface area contributed by atoms with Crippen LogP contribution < -0.4 is 63.8 Å². The Kier molecular flexibility index (Phi) is 30.7. The van der Waals surface area contributed by atoms with Crippen LogP contribution in [-0.4, -0.2) is 165 Å². The van der Waals surface area contributed by atoms with Crippen LogP contribution in [-0.2, 0) is 24.9 Å². The number of anilines is 8. The van der Waals surface area contributed by atoms with Gasteiger partial charge >= 0.3 is 18.5 Å². The Bertz CT molecular complexity index is 4910. The van der Waals surface area contributed by atoms with Crippen molar-refractivity contribution >= 4 is 81.6 Å². The number of nitrogens with zero attached hydrogens (tertiary/aromatic N) is 12. The van der Waals surface area contributed by atoms with Crippen LogP contribution in [0.15, 0.2) is 123 Å². The Labute approximate surface area is 690 Å². The van der Waals surface area contributed by atoms with E-state index in [1.165, 1.54) is 79.4 Å². The van der Waals surface area contributed by atoms with E-state index in [0.29, 0.717) is 117 Å². The maximum absolute atomic E-state index is 13.8. The third-order valence-corrected chi connectivity index (χ3v) is 20.1. The first kappa shape index (κ1) is 90.8. The Morgan fingerprint density at radius 2 is 0.856 bits per heavy atom. The maximum Gasteiger partial charge on any atom is 0.418 e. The highest BCUT2D eigenvalue weighted by Gasteiger charge is 2.42.